The molecule has 5 nitrogen and oxygen atoms in total. The van der Waals surface area contributed by atoms with E-state index in [-0.39, 0.29) is 12.5 Å². The number of hydrogen-bond donors (Lipinski definition) is 2. The van der Waals surface area contributed by atoms with E-state index >= 15 is 0 Å². The van der Waals surface area contributed by atoms with Gasteiger partial charge in [-0.15, -0.1) is 0 Å². The van der Waals surface area contributed by atoms with Gasteiger partial charge in [0.05, 0.1) is 31.4 Å². The Bertz CT molecular complexity index is 509. The molecule has 20 heavy (non-hydrogen) atoms. The van der Waals surface area contributed by atoms with E-state index < -0.39 is 5.54 Å². The number of halogens is 1. The summed E-state index contributed by atoms with van der Waals surface area (Å²) in [6.07, 6.45) is 2.58. The molecule has 2 N–H and O–H groups in total. The van der Waals surface area contributed by atoms with Crippen molar-refractivity contribution in [2.45, 2.75) is 24.8 Å². The van der Waals surface area contributed by atoms with E-state index in [4.69, 9.17) is 21.1 Å². The Kier molecular flexibility index (Phi) is 4.40. The molecule has 1 saturated carbocycles. The average Bonchev–Trinajstić information content (AvgIpc) is 2.41. The largest absolute Gasteiger partial charge is 0.493 e. The molecule has 110 valence electrons. The molecular formula is C14H18ClNO4. The quantitative estimate of drug-likeness (QED) is 0.872. The minimum atomic E-state index is -0.489. The number of ether oxygens (including phenoxy) is 2. The van der Waals surface area contributed by atoms with Crippen molar-refractivity contribution in [3.8, 4) is 11.5 Å². The first-order chi connectivity index (χ1) is 9.55. The SMILES string of the molecule is COc1cc(C(=O)NC2(CO)CCC2)cc(Cl)c1OC. The second kappa shape index (κ2) is 5.89. The first kappa shape index (κ1) is 14.9. The third kappa shape index (κ3) is 2.69. The molecule has 1 aliphatic rings. The van der Waals surface area contributed by atoms with E-state index in [0.717, 1.165) is 19.3 Å². The highest BCUT2D eigenvalue weighted by Crippen LogP contribution is 2.37. The molecule has 1 aromatic rings. The predicted octanol–water partition coefficient (Wildman–Crippen LogP) is 2.00. The van der Waals surface area contributed by atoms with Crippen LogP contribution >= 0.6 is 11.6 Å². The third-order valence-corrected chi connectivity index (χ3v) is 3.97. The number of hydrogen-bond acceptors (Lipinski definition) is 4. The van der Waals surface area contributed by atoms with Gasteiger partial charge in [-0.1, -0.05) is 11.6 Å². The zero-order valence-electron chi connectivity index (χ0n) is 11.5. The number of aliphatic hydroxyl groups excluding tert-OH is 1. The molecule has 0 saturated heterocycles. The van der Waals surface area contributed by atoms with Crippen LogP contribution in [-0.4, -0.2) is 37.4 Å². The molecule has 1 aromatic carbocycles. The molecule has 0 heterocycles. The van der Waals surface area contributed by atoms with Crippen LogP contribution in [0.1, 0.15) is 29.6 Å². The zero-order chi connectivity index (χ0) is 14.8. The van der Waals surface area contributed by atoms with Gasteiger partial charge in [-0.05, 0) is 31.4 Å². The van der Waals surface area contributed by atoms with E-state index in [2.05, 4.69) is 5.32 Å². The standard InChI is InChI=1S/C14H18ClNO4/c1-19-11-7-9(6-10(15)12(11)20-2)13(18)16-14(8-17)4-3-5-14/h6-7,17H,3-5,8H2,1-2H3,(H,16,18). The van der Waals surface area contributed by atoms with Gasteiger partial charge in [0.25, 0.3) is 5.91 Å². The van der Waals surface area contributed by atoms with E-state index in [0.29, 0.717) is 22.1 Å². The Hall–Kier alpha value is -1.46. The summed E-state index contributed by atoms with van der Waals surface area (Å²) >= 11 is 6.08. The molecule has 0 atom stereocenters. The maximum atomic E-state index is 12.3. The highest BCUT2D eigenvalue weighted by Gasteiger charge is 2.38. The van der Waals surface area contributed by atoms with E-state index in [9.17, 15) is 9.90 Å². The van der Waals surface area contributed by atoms with Gasteiger partial charge in [-0.3, -0.25) is 4.79 Å². The number of methoxy groups -OCH3 is 2. The third-order valence-electron chi connectivity index (χ3n) is 3.69. The van der Waals surface area contributed by atoms with Gasteiger partial charge in [0.2, 0.25) is 0 Å². The van der Waals surface area contributed by atoms with Crippen molar-refractivity contribution < 1.29 is 19.4 Å². The Morgan fingerprint density at radius 3 is 2.55 bits per heavy atom. The zero-order valence-corrected chi connectivity index (χ0v) is 12.3. The molecule has 1 fully saturated rings. The minimum Gasteiger partial charge on any atom is -0.493 e. The smallest absolute Gasteiger partial charge is 0.251 e. The number of nitrogens with one attached hydrogen (secondary N) is 1. The van der Waals surface area contributed by atoms with Crippen molar-refractivity contribution in [1.82, 2.24) is 5.32 Å². The van der Waals surface area contributed by atoms with Gasteiger partial charge in [0.1, 0.15) is 0 Å². The lowest BCUT2D eigenvalue weighted by Gasteiger charge is -2.41. The minimum absolute atomic E-state index is 0.0558. The van der Waals surface area contributed by atoms with Crippen molar-refractivity contribution >= 4 is 17.5 Å². The van der Waals surface area contributed by atoms with Gasteiger partial charge in [0, 0.05) is 5.56 Å². The molecule has 0 unspecified atom stereocenters. The topological polar surface area (TPSA) is 67.8 Å². The van der Waals surface area contributed by atoms with Crippen molar-refractivity contribution in [1.29, 1.82) is 0 Å². The van der Waals surface area contributed by atoms with Gasteiger partial charge in [-0.25, -0.2) is 0 Å². The number of rotatable bonds is 5. The second-order valence-electron chi connectivity index (χ2n) is 4.94. The van der Waals surface area contributed by atoms with E-state index in [1.165, 1.54) is 20.3 Å². The van der Waals surface area contributed by atoms with Crippen LogP contribution in [0.15, 0.2) is 12.1 Å². The summed E-state index contributed by atoms with van der Waals surface area (Å²) in [5.41, 5.74) is -0.108. The Labute approximate surface area is 122 Å². The number of carbonyl (C=O) groups is 1. The van der Waals surface area contributed by atoms with Gasteiger partial charge in [-0.2, -0.15) is 0 Å². The van der Waals surface area contributed by atoms with Crippen LogP contribution in [0, 0.1) is 0 Å². The number of benzene rings is 1. The summed E-state index contributed by atoms with van der Waals surface area (Å²) in [6.45, 7) is -0.0558. The maximum Gasteiger partial charge on any atom is 0.251 e. The highest BCUT2D eigenvalue weighted by molar-refractivity contribution is 6.32. The lowest BCUT2D eigenvalue weighted by Crippen LogP contribution is -2.56. The number of carbonyl (C=O) groups excluding carboxylic acids is 1. The Morgan fingerprint density at radius 1 is 1.40 bits per heavy atom. The van der Waals surface area contributed by atoms with Crippen molar-refractivity contribution in [2.75, 3.05) is 20.8 Å². The van der Waals surface area contributed by atoms with Crippen LogP contribution in [0.5, 0.6) is 11.5 Å². The first-order valence-electron chi connectivity index (χ1n) is 6.40. The molecule has 0 aromatic heterocycles. The molecule has 2 rings (SSSR count). The summed E-state index contributed by atoms with van der Waals surface area (Å²) in [4.78, 5) is 12.3. The normalized spacial score (nSPS) is 16.2. The van der Waals surface area contributed by atoms with Crippen LogP contribution in [0.2, 0.25) is 5.02 Å². The second-order valence-corrected chi connectivity index (χ2v) is 5.35. The molecule has 0 spiro atoms. The fourth-order valence-corrected chi connectivity index (χ4v) is 2.58. The summed E-state index contributed by atoms with van der Waals surface area (Å²) in [7, 11) is 2.97. The van der Waals surface area contributed by atoms with Crippen LogP contribution in [-0.2, 0) is 0 Å². The molecule has 0 aliphatic heterocycles. The van der Waals surface area contributed by atoms with Gasteiger partial charge < -0.3 is 19.9 Å². The monoisotopic (exact) mass is 299 g/mol. The molecule has 1 aliphatic carbocycles. The Morgan fingerprint density at radius 2 is 2.10 bits per heavy atom. The summed E-state index contributed by atoms with van der Waals surface area (Å²) in [5, 5.41) is 12.6. The van der Waals surface area contributed by atoms with Crippen molar-refractivity contribution in [3.05, 3.63) is 22.7 Å². The van der Waals surface area contributed by atoms with E-state index in [1.807, 2.05) is 0 Å². The van der Waals surface area contributed by atoms with Crippen LogP contribution < -0.4 is 14.8 Å². The first-order valence-corrected chi connectivity index (χ1v) is 6.78. The van der Waals surface area contributed by atoms with Crippen molar-refractivity contribution in [2.24, 2.45) is 0 Å². The molecule has 0 radical (unpaired) electrons. The van der Waals surface area contributed by atoms with E-state index in [1.54, 1.807) is 6.07 Å². The van der Waals surface area contributed by atoms with Crippen LogP contribution in [0.25, 0.3) is 0 Å². The molecule has 6 heteroatoms. The van der Waals surface area contributed by atoms with Gasteiger partial charge >= 0.3 is 0 Å². The fourth-order valence-electron chi connectivity index (χ4n) is 2.29. The fraction of sp³-hybridized carbons (Fsp3) is 0.500. The lowest BCUT2D eigenvalue weighted by atomic mass is 9.77. The summed E-state index contributed by atoms with van der Waals surface area (Å²) < 4.78 is 10.3. The average molecular weight is 300 g/mol. The summed E-state index contributed by atoms with van der Waals surface area (Å²) in [6, 6.07) is 3.10. The number of aliphatic hydroxyl groups is 1. The predicted molar refractivity (Wildman–Crippen MR) is 75.7 cm³/mol. The molecule has 1 amide bonds. The maximum absolute atomic E-state index is 12.3. The Balaban J connectivity index is 2.24. The number of amides is 1. The van der Waals surface area contributed by atoms with Crippen molar-refractivity contribution in [3.63, 3.8) is 0 Å². The van der Waals surface area contributed by atoms with Gasteiger partial charge in [0.15, 0.2) is 11.5 Å². The molecule has 0 bridgehead atoms. The lowest BCUT2D eigenvalue weighted by molar-refractivity contribution is 0.0641. The summed E-state index contributed by atoms with van der Waals surface area (Å²) in [5.74, 6) is 0.518. The van der Waals surface area contributed by atoms with Crippen LogP contribution in [0.3, 0.4) is 0 Å². The molecular weight excluding hydrogens is 282 g/mol. The highest BCUT2D eigenvalue weighted by atomic mass is 35.5. The van der Waals surface area contributed by atoms with Crippen LogP contribution in [0.4, 0.5) is 0 Å².